The Balaban J connectivity index is 1.72. The number of nitrogens with one attached hydrogen (secondary N) is 1. The van der Waals surface area contributed by atoms with E-state index in [9.17, 15) is 0 Å². The molecule has 0 saturated carbocycles. The van der Waals surface area contributed by atoms with Gasteiger partial charge in [-0.15, -0.1) is 0 Å². The van der Waals surface area contributed by atoms with Crippen LogP contribution in [-0.2, 0) is 12.8 Å². The van der Waals surface area contributed by atoms with Crippen molar-refractivity contribution >= 4 is 28.5 Å². The third-order valence-electron chi connectivity index (χ3n) is 3.51. The summed E-state index contributed by atoms with van der Waals surface area (Å²) in [5, 5.41) is 1.86. The maximum absolute atomic E-state index is 5.78. The van der Waals surface area contributed by atoms with E-state index in [2.05, 4.69) is 19.9 Å². The smallest absolute Gasteiger partial charge is 0.172 e. The van der Waals surface area contributed by atoms with Crippen molar-refractivity contribution in [3.63, 3.8) is 0 Å². The highest BCUT2D eigenvalue weighted by molar-refractivity contribution is 7.99. The topological polar surface area (TPSA) is 80.5 Å². The van der Waals surface area contributed by atoms with Gasteiger partial charge in [0.05, 0.1) is 11.0 Å². The van der Waals surface area contributed by atoms with E-state index >= 15 is 0 Å². The standard InChI is InChI=1S/C14H13N5S/c15-8-4-5-11-12(6-8)19-14(18-11)20-13-9-2-1-3-10(9)16-7-17-13/h4-7H,1-3,15H2,(H,18,19). The molecule has 5 nitrogen and oxygen atoms in total. The van der Waals surface area contributed by atoms with E-state index in [1.54, 1.807) is 18.1 Å². The van der Waals surface area contributed by atoms with Crippen molar-refractivity contribution in [3.05, 3.63) is 35.8 Å². The number of nitrogen functional groups attached to an aromatic ring is 1. The molecule has 3 aromatic rings. The summed E-state index contributed by atoms with van der Waals surface area (Å²) in [5.74, 6) is 0. The van der Waals surface area contributed by atoms with Crippen molar-refractivity contribution in [2.24, 2.45) is 0 Å². The van der Waals surface area contributed by atoms with Gasteiger partial charge in [-0.25, -0.2) is 15.0 Å². The molecule has 20 heavy (non-hydrogen) atoms. The minimum atomic E-state index is 0.737. The first-order valence-corrected chi connectivity index (χ1v) is 7.37. The van der Waals surface area contributed by atoms with Gasteiger partial charge in [0.15, 0.2) is 5.16 Å². The van der Waals surface area contributed by atoms with Gasteiger partial charge in [0.25, 0.3) is 0 Å². The van der Waals surface area contributed by atoms with Crippen molar-refractivity contribution in [3.8, 4) is 0 Å². The number of H-pyrrole nitrogens is 1. The summed E-state index contributed by atoms with van der Waals surface area (Å²) in [7, 11) is 0. The van der Waals surface area contributed by atoms with Crippen molar-refractivity contribution < 1.29 is 0 Å². The van der Waals surface area contributed by atoms with Gasteiger partial charge in [0.2, 0.25) is 0 Å². The van der Waals surface area contributed by atoms with Crippen molar-refractivity contribution in [2.45, 2.75) is 29.4 Å². The van der Waals surface area contributed by atoms with Crippen LogP contribution >= 0.6 is 11.8 Å². The second kappa shape index (κ2) is 4.49. The molecule has 0 saturated heterocycles. The monoisotopic (exact) mass is 283 g/mol. The molecule has 100 valence electrons. The van der Waals surface area contributed by atoms with Crippen molar-refractivity contribution in [2.75, 3.05) is 5.73 Å². The van der Waals surface area contributed by atoms with Crippen molar-refractivity contribution in [1.82, 2.24) is 19.9 Å². The summed E-state index contributed by atoms with van der Waals surface area (Å²) < 4.78 is 0. The summed E-state index contributed by atoms with van der Waals surface area (Å²) >= 11 is 1.57. The summed E-state index contributed by atoms with van der Waals surface area (Å²) in [6, 6.07) is 5.69. The van der Waals surface area contributed by atoms with Crippen LogP contribution in [0.2, 0.25) is 0 Å². The molecule has 2 aromatic heterocycles. The predicted molar refractivity (Wildman–Crippen MR) is 78.7 cm³/mol. The lowest BCUT2D eigenvalue weighted by Crippen LogP contribution is -1.94. The number of imidazole rings is 1. The molecule has 0 unspecified atom stereocenters. The van der Waals surface area contributed by atoms with Crippen LogP contribution in [0.5, 0.6) is 0 Å². The molecule has 1 aliphatic carbocycles. The van der Waals surface area contributed by atoms with Crippen LogP contribution in [0.25, 0.3) is 11.0 Å². The zero-order valence-corrected chi connectivity index (χ0v) is 11.6. The van der Waals surface area contributed by atoms with E-state index < -0.39 is 0 Å². The van der Waals surface area contributed by atoms with Gasteiger partial charge in [-0.3, -0.25) is 0 Å². The number of fused-ring (bicyclic) bond motifs is 2. The summed E-state index contributed by atoms with van der Waals surface area (Å²) in [4.78, 5) is 16.6. The molecule has 0 bridgehead atoms. The van der Waals surface area contributed by atoms with E-state index in [0.29, 0.717) is 0 Å². The minimum Gasteiger partial charge on any atom is -0.399 e. The fourth-order valence-electron chi connectivity index (χ4n) is 2.56. The zero-order valence-electron chi connectivity index (χ0n) is 10.8. The Morgan fingerprint density at radius 2 is 2.15 bits per heavy atom. The summed E-state index contributed by atoms with van der Waals surface area (Å²) in [6.45, 7) is 0. The number of anilines is 1. The molecule has 0 atom stereocenters. The number of nitrogens with zero attached hydrogens (tertiary/aromatic N) is 3. The molecule has 0 radical (unpaired) electrons. The van der Waals surface area contributed by atoms with E-state index in [0.717, 1.165) is 46.2 Å². The lowest BCUT2D eigenvalue weighted by Gasteiger charge is -2.03. The molecule has 1 aliphatic rings. The molecule has 1 aromatic carbocycles. The first-order chi connectivity index (χ1) is 9.79. The molecule has 4 rings (SSSR count). The van der Waals surface area contributed by atoms with Crippen molar-refractivity contribution in [1.29, 1.82) is 0 Å². The van der Waals surface area contributed by atoms with Gasteiger partial charge in [0, 0.05) is 16.9 Å². The minimum absolute atomic E-state index is 0.737. The number of aromatic amines is 1. The average Bonchev–Trinajstić information content (AvgIpc) is 3.04. The van der Waals surface area contributed by atoms with Crippen LogP contribution in [-0.4, -0.2) is 19.9 Å². The second-order valence-electron chi connectivity index (χ2n) is 4.88. The normalized spacial score (nSPS) is 13.8. The number of hydrogen-bond acceptors (Lipinski definition) is 5. The Morgan fingerprint density at radius 1 is 1.20 bits per heavy atom. The fraction of sp³-hybridized carbons (Fsp3) is 0.214. The van der Waals surface area contributed by atoms with Gasteiger partial charge < -0.3 is 10.7 Å². The fourth-order valence-corrected chi connectivity index (χ4v) is 3.49. The van der Waals surface area contributed by atoms with Gasteiger partial charge in [0.1, 0.15) is 11.4 Å². The second-order valence-corrected chi connectivity index (χ2v) is 5.86. The molecule has 0 spiro atoms. The molecule has 6 heteroatoms. The van der Waals surface area contributed by atoms with Crippen LogP contribution in [0.4, 0.5) is 5.69 Å². The predicted octanol–water partition coefficient (Wildman–Crippen LogP) is 2.58. The number of aromatic nitrogens is 4. The van der Waals surface area contributed by atoms with Gasteiger partial charge in [-0.1, -0.05) is 0 Å². The van der Waals surface area contributed by atoms with E-state index in [1.165, 1.54) is 11.3 Å². The van der Waals surface area contributed by atoms with Crippen LogP contribution in [0.1, 0.15) is 17.7 Å². The highest BCUT2D eigenvalue weighted by atomic mass is 32.2. The van der Waals surface area contributed by atoms with Gasteiger partial charge >= 0.3 is 0 Å². The van der Waals surface area contributed by atoms with Crippen LogP contribution < -0.4 is 5.73 Å². The highest BCUT2D eigenvalue weighted by Crippen LogP contribution is 2.33. The maximum atomic E-state index is 5.78. The molecule has 0 amide bonds. The Kier molecular flexibility index (Phi) is 2.63. The van der Waals surface area contributed by atoms with E-state index in [4.69, 9.17) is 5.73 Å². The van der Waals surface area contributed by atoms with Crippen LogP contribution in [0.3, 0.4) is 0 Å². The summed E-state index contributed by atoms with van der Waals surface area (Å²) in [5.41, 5.74) is 10.9. The Morgan fingerprint density at radius 3 is 3.10 bits per heavy atom. The number of benzene rings is 1. The van der Waals surface area contributed by atoms with E-state index in [-0.39, 0.29) is 0 Å². The molecular weight excluding hydrogens is 270 g/mol. The van der Waals surface area contributed by atoms with Gasteiger partial charge in [-0.2, -0.15) is 0 Å². The number of aryl methyl sites for hydroxylation is 1. The Labute approximate surface area is 120 Å². The first-order valence-electron chi connectivity index (χ1n) is 6.55. The number of rotatable bonds is 2. The molecule has 0 fully saturated rings. The molecule has 2 heterocycles. The Hall–Kier alpha value is -2.08. The average molecular weight is 283 g/mol. The third-order valence-corrected chi connectivity index (χ3v) is 4.44. The van der Waals surface area contributed by atoms with Gasteiger partial charge in [-0.05, 0) is 49.2 Å². The number of nitrogens with two attached hydrogens (primary N) is 1. The lowest BCUT2D eigenvalue weighted by molar-refractivity contribution is 0.895. The quantitative estimate of drug-likeness (QED) is 0.558. The Bertz CT molecular complexity index is 795. The lowest BCUT2D eigenvalue weighted by atomic mass is 10.3. The van der Waals surface area contributed by atoms with E-state index in [1.807, 2.05) is 18.2 Å². The van der Waals surface area contributed by atoms with Crippen LogP contribution in [0.15, 0.2) is 34.7 Å². The molecule has 3 N–H and O–H groups in total. The summed E-state index contributed by atoms with van der Waals surface area (Å²) in [6.07, 6.45) is 4.93. The zero-order chi connectivity index (χ0) is 13.5. The third kappa shape index (κ3) is 1.92. The first kappa shape index (κ1) is 11.7. The molecular formula is C14H13N5S. The largest absolute Gasteiger partial charge is 0.399 e. The molecule has 0 aliphatic heterocycles. The van der Waals surface area contributed by atoms with Crippen LogP contribution in [0, 0.1) is 0 Å². The highest BCUT2D eigenvalue weighted by Gasteiger charge is 2.18. The number of hydrogen-bond donors (Lipinski definition) is 2. The SMILES string of the molecule is Nc1ccc2nc(Sc3ncnc4c3CCC4)[nH]c2c1. The maximum Gasteiger partial charge on any atom is 0.172 e.